The van der Waals surface area contributed by atoms with Crippen molar-refractivity contribution < 1.29 is 33.5 Å². The number of nitrogens with two attached hydrogens (primary N) is 1. The Labute approximate surface area is 266 Å². The molecule has 0 amide bonds. The van der Waals surface area contributed by atoms with Crippen LogP contribution in [0.5, 0.6) is 11.5 Å². The van der Waals surface area contributed by atoms with Crippen LogP contribution in [0.4, 0.5) is 5.82 Å². The highest BCUT2D eigenvalue weighted by Gasteiger charge is 2.48. The van der Waals surface area contributed by atoms with E-state index < -0.39 is 30.1 Å². The van der Waals surface area contributed by atoms with Gasteiger partial charge in [-0.1, -0.05) is 54.6 Å². The number of ether oxygens (including phenoxy) is 6. The zero-order chi connectivity index (χ0) is 32.1. The van der Waals surface area contributed by atoms with E-state index in [-0.39, 0.29) is 19.0 Å². The maximum absolute atomic E-state index is 11.7. The first-order chi connectivity index (χ1) is 22.5. The molecule has 0 aliphatic carbocycles. The number of benzene rings is 3. The summed E-state index contributed by atoms with van der Waals surface area (Å²) in [6.45, 7) is 0.572. The third-order valence-corrected chi connectivity index (χ3v) is 8.21. The van der Waals surface area contributed by atoms with Gasteiger partial charge in [-0.15, -0.1) is 0 Å². The monoisotopic (exact) mass is 627 g/mol. The van der Waals surface area contributed by atoms with Gasteiger partial charge in [0.25, 0.3) is 0 Å². The van der Waals surface area contributed by atoms with Gasteiger partial charge in [-0.3, -0.25) is 4.57 Å². The number of nitrogens with zero attached hydrogens (tertiary/aromatic N) is 4. The molecule has 0 spiro atoms. The molecule has 1 aliphatic heterocycles. The van der Waals surface area contributed by atoms with Gasteiger partial charge in [0.05, 0.1) is 40.4 Å². The number of hydrogen-bond donors (Lipinski definition) is 2. The second-order valence-corrected chi connectivity index (χ2v) is 10.8. The van der Waals surface area contributed by atoms with Gasteiger partial charge < -0.3 is 39.3 Å². The number of anilines is 1. The second kappa shape index (κ2) is 13.8. The summed E-state index contributed by atoms with van der Waals surface area (Å²) in [5, 5.41) is 11.7. The van der Waals surface area contributed by atoms with Crippen molar-refractivity contribution in [3.8, 4) is 11.5 Å². The fourth-order valence-corrected chi connectivity index (χ4v) is 5.87. The van der Waals surface area contributed by atoms with Crippen molar-refractivity contribution in [1.82, 2.24) is 19.5 Å². The highest BCUT2D eigenvalue weighted by molar-refractivity contribution is 5.81. The van der Waals surface area contributed by atoms with Crippen LogP contribution in [0.25, 0.3) is 11.2 Å². The lowest BCUT2D eigenvalue weighted by atomic mass is 9.80. The molecule has 1 aliphatic rings. The Bertz CT molecular complexity index is 1670. The standard InChI is InChI=1S/C34H37N5O7/c1-41-17-18-44-30-29(40)27(46-33(30)39-21-38-28-31(35)36-20-37-32(28)39)19-45-34(22-7-5-4-6-8-22,23-9-13-25(42-2)14-10-23)24-11-15-26(43-3)16-12-24/h4-16,20-21,27,29-30,33,40H,17-19H2,1-3H3,(H2,35,36,37). The molecule has 3 heterocycles. The lowest BCUT2D eigenvalue weighted by Crippen LogP contribution is -2.40. The van der Waals surface area contributed by atoms with Crippen LogP contribution in [0.15, 0.2) is 91.5 Å². The second-order valence-electron chi connectivity index (χ2n) is 10.8. The third-order valence-electron chi connectivity index (χ3n) is 8.21. The van der Waals surface area contributed by atoms with Gasteiger partial charge in [0.1, 0.15) is 47.3 Å². The van der Waals surface area contributed by atoms with Crippen molar-refractivity contribution in [2.24, 2.45) is 0 Å². The highest BCUT2D eigenvalue weighted by Crippen LogP contribution is 2.43. The minimum absolute atomic E-state index is 0.00148. The van der Waals surface area contributed by atoms with Crippen LogP contribution in [0.2, 0.25) is 0 Å². The van der Waals surface area contributed by atoms with Crippen LogP contribution < -0.4 is 15.2 Å². The first kappa shape index (κ1) is 31.4. The zero-order valence-corrected chi connectivity index (χ0v) is 25.9. The summed E-state index contributed by atoms with van der Waals surface area (Å²) in [4.78, 5) is 12.8. The molecule has 3 aromatic carbocycles. The molecule has 12 heteroatoms. The number of rotatable bonds is 13. The minimum Gasteiger partial charge on any atom is -0.497 e. The molecule has 240 valence electrons. The number of aliphatic hydroxyl groups excluding tert-OH is 1. The largest absolute Gasteiger partial charge is 0.497 e. The van der Waals surface area contributed by atoms with E-state index in [1.165, 1.54) is 6.33 Å². The van der Waals surface area contributed by atoms with E-state index in [1.807, 2.05) is 78.9 Å². The maximum Gasteiger partial charge on any atom is 0.167 e. The molecule has 5 aromatic rings. The molecule has 6 rings (SSSR count). The van der Waals surface area contributed by atoms with Gasteiger partial charge in [-0.2, -0.15) is 0 Å². The average molecular weight is 628 g/mol. The SMILES string of the molecule is COCCOC1C(O)C(COC(c2ccccc2)(c2ccc(OC)cc2)c2ccc(OC)cc2)OC1n1cnc2c(N)ncnc21. The van der Waals surface area contributed by atoms with Crippen molar-refractivity contribution >= 4 is 17.0 Å². The molecule has 0 radical (unpaired) electrons. The Morgan fingerprint density at radius 1 is 0.826 bits per heavy atom. The van der Waals surface area contributed by atoms with Gasteiger partial charge in [-0.25, -0.2) is 15.0 Å². The van der Waals surface area contributed by atoms with Crippen molar-refractivity contribution in [3.63, 3.8) is 0 Å². The average Bonchev–Trinajstić information content (AvgIpc) is 3.67. The number of nitrogen functional groups attached to an aromatic ring is 1. The van der Waals surface area contributed by atoms with E-state index in [4.69, 9.17) is 34.2 Å². The summed E-state index contributed by atoms with van der Waals surface area (Å²) in [5.74, 6) is 1.67. The normalized spacial score (nSPS) is 19.8. The summed E-state index contributed by atoms with van der Waals surface area (Å²) in [7, 11) is 4.84. The molecule has 3 N–H and O–H groups in total. The smallest absolute Gasteiger partial charge is 0.167 e. The van der Waals surface area contributed by atoms with E-state index in [0.29, 0.717) is 29.3 Å². The molecular formula is C34H37N5O7. The Balaban J connectivity index is 1.40. The van der Waals surface area contributed by atoms with Crippen LogP contribution in [0.3, 0.4) is 0 Å². The van der Waals surface area contributed by atoms with Crippen LogP contribution in [-0.2, 0) is 24.5 Å². The predicted octanol–water partition coefficient (Wildman–Crippen LogP) is 3.72. The number of methoxy groups -OCH3 is 3. The quantitative estimate of drug-likeness (QED) is 0.146. The molecule has 0 saturated carbocycles. The van der Waals surface area contributed by atoms with E-state index >= 15 is 0 Å². The molecule has 1 saturated heterocycles. The van der Waals surface area contributed by atoms with Crippen molar-refractivity contribution in [2.45, 2.75) is 30.1 Å². The van der Waals surface area contributed by atoms with E-state index in [0.717, 1.165) is 16.7 Å². The number of aromatic nitrogens is 4. The third kappa shape index (κ3) is 5.88. The first-order valence-corrected chi connectivity index (χ1v) is 14.9. The van der Waals surface area contributed by atoms with Gasteiger partial charge in [-0.05, 0) is 41.0 Å². The lowest BCUT2D eigenvalue weighted by molar-refractivity contribution is -0.0970. The number of imidazole rings is 1. The van der Waals surface area contributed by atoms with Gasteiger partial charge in [0.2, 0.25) is 0 Å². The Morgan fingerprint density at radius 3 is 2.07 bits per heavy atom. The summed E-state index contributed by atoms with van der Waals surface area (Å²) >= 11 is 0. The Kier molecular flexibility index (Phi) is 9.43. The molecule has 1 fully saturated rings. The van der Waals surface area contributed by atoms with Crippen LogP contribution in [0.1, 0.15) is 22.9 Å². The summed E-state index contributed by atoms with van der Waals surface area (Å²) in [5.41, 5.74) is 8.44. The van der Waals surface area contributed by atoms with Gasteiger partial charge in [0, 0.05) is 7.11 Å². The summed E-state index contributed by atoms with van der Waals surface area (Å²) < 4.78 is 37.5. The molecule has 2 aromatic heterocycles. The van der Waals surface area contributed by atoms with Crippen molar-refractivity contribution in [1.29, 1.82) is 0 Å². The number of aliphatic hydroxyl groups is 1. The number of hydrogen-bond acceptors (Lipinski definition) is 11. The number of fused-ring (bicyclic) bond motifs is 1. The Morgan fingerprint density at radius 2 is 1.46 bits per heavy atom. The molecule has 12 nitrogen and oxygen atoms in total. The van der Waals surface area contributed by atoms with Crippen LogP contribution in [0, 0.1) is 0 Å². The van der Waals surface area contributed by atoms with E-state index in [9.17, 15) is 5.11 Å². The van der Waals surface area contributed by atoms with Crippen molar-refractivity contribution in [3.05, 3.63) is 108 Å². The topological polar surface area (TPSA) is 145 Å². The predicted molar refractivity (Wildman–Crippen MR) is 170 cm³/mol. The van der Waals surface area contributed by atoms with E-state index in [1.54, 1.807) is 32.2 Å². The maximum atomic E-state index is 11.7. The van der Waals surface area contributed by atoms with Crippen LogP contribution >= 0.6 is 0 Å². The van der Waals surface area contributed by atoms with E-state index in [2.05, 4.69) is 15.0 Å². The fourth-order valence-electron chi connectivity index (χ4n) is 5.87. The molecule has 4 atom stereocenters. The molecule has 0 bridgehead atoms. The fraction of sp³-hybridized carbons (Fsp3) is 0.324. The zero-order valence-electron chi connectivity index (χ0n) is 25.9. The summed E-state index contributed by atoms with van der Waals surface area (Å²) in [6.07, 6.45) is -0.516. The summed E-state index contributed by atoms with van der Waals surface area (Å²) in [6, 6.07) is 25.4. The highest BCUT2D eigenvalue weighted by atomic mass is 16.6. The molecule has 46 heavy (non-hydrogen) atoms. The minimum atomic E-state index is -1.10. The molecule has 4 unspecified atom stereocenters. The van der Waals surface area contributed by atoms with Gasteiger partial charge in [0.15, 0.2) is 17.7 Å². The van der Waals surface area contributed by atoms with Gasteiger partial charge >= 0.3 is 0 Å². The Hall–Kier alpha value is -4.59. The van der Waals surface area contributed by atoms with Crippen molar-refractivity contribution in [2.75, 3.05) is 46.9 Å². The van der Waals surface area contributed by atoms with Crippen LogP contribution in [-0.4, -0.2) is 84.1 Å². The lowest BCUT2D eigenvalue weighted by Gasteiger charge is -2.37. The molecular weight excluding hydrogens is 590 g/mol. The first-order valence-electron chi connectivity index (χ1n) is 14.9.